The number of rotatable bonds is 3. The third-order valence-electron chi connectivity index (χ3n) is 4.46. The van der Waals surface area contributed by atoms with Gasteiger partial charge in [-0.25, -0.2) is 0 Å². The fourth-order valence-electron chi connectivity index (χ4n) is 3.45. The summed E-state index contributed by atoms with van der Waals surface area (Å²) >= 11 is 0. The maximum absolute atomic E-state index is 10.9. The molecule has 0 aromatic heterocycles. The van der Waals surface area contributed by atoms with Gasteiger partial charge >= 0.3 is 0 Å². The summed E-state index contributed by atoms with van der Waals surface area (Å²) in [5.41, 5.74) is 0.0933. The first kappa shape index (κ1) is 11.9. The van der Waals surface area contributed by atoms with E-state index in [1.165, 1.54) is 5.56 Å². The minimum absolute atomic E-state index is 0.0592. The molecule has 3 rings (SSSR count). The van der Waals surface area contributed by atoms with E-state index in [9.17, 15) is 5.11 Å². The van der Waals surface area contributed by atoms with E-state index in [2.05, 4.69) is 18.7 Å². The second-order valence-electron chi connectivity index (χ2n) is 5.53. The van der Waals surface area contributed by atoms with E-state index in [-0.39, 0.29) is 11.7 Å². The summed E-state index contributed by atoms with van der Waals surface area (Å²) < 4.78 is 6.00. The van der Waals surface area contributed by atoms with E-state index in [0.29, 0.717) is 6.42 Å². The van der Waals surface area contributed by atoms with Crippen LogP contribution in [0.15, 0.2) is 43.0 Å². The highest BCUT2D eigenvalue weighted by molar-refractivity contribution is 5.31. The minimum atomic E-state index is -0.729. The van der Waals surface area contributed by atoms with Gasteiger partial charge in [-0.05, 0) is 24.8 Å². The first-order valence-corrected chi connectivity index (χ1v) is 6.78. The average Bonchev–Trinajstić information content (AvgIpc) is 3.11. The van der Waals surface area contributed by atoms with E-state index in [1.807, 2.05) is 24.3 Å². The van der Waals surface area contributed by atoms with E-state index >= 15 is 0 Å². The number of ether oxygens (including phenoxy) is 1. The molecule has 1 saturated carbocycles. The van der Waals surface area contributed by atoms with Gasteiger partial charge in [0.1, 0.15) is 11.7 Å². The van der Waals surface area contributed by atoms with Gasteiger partial charge in [0, 0.05) is 0 Å². The Morgan fingerprint density at radius 1 is 1.28 bits per heavy atom. The predicted octanol–water partition coefficient (Wildman–Crippen LogP) is 3.38. The Morgan fingerprint density at radius 2 is 2.00 bits per heavy atom. The van der Waals surface area contributed by atoms with Gasteiger partial charge < -0.3 is 9.84 Å². The van der Waals surface area contributed by atoms with Gasteiger partial charge in [0.05, 0.1) is 5.60 Å². The molecule has 2 heteroatoms. The molecule has 2 fully saturated rings. The zero-order valence-electron chi connectivity index (χ0n) is 10.6. The van der Waals surface area contributed by atoms with E-state index in [1.54, 1.807) is 0 Å². The maximum atomic E-state index is 10.9. The molecule has 1 spiro atoms. The molecule has 1 aliphatic carbocycles. The van der Waals surface area contributed by atoms with Crippen LogP contribution in [0.25, 0.3) is 0 Å². The zero-order valence-corrected chi connectivity index (χ0v) is 10.6. The number of hydrogen-bond donors (Lipinski definition) is 1. The van der Waals surface area contributed by atoms with Gasteiger partial charge in [0.15, 0.2) is 0 Å². The van der Waals surface area contributed by atoms with Crippen LogP contribution in [0.4, 0.5) is 0 Å². The van der Waals surface area contributed by atoms with Crippen molar-refractivity contribution in [2.45, 2.75) is 49.4 Å². The highest BCUT2D eigenvalue weighted by Crippen LogP contribution is 2.62. The normalized spacial score (nSPS) is 38.6. The molecular weight excluding hydrogens is 224 g/mol. The molecule has 2 aliphatic rings. The highest BCUT2D eigenvalue weighted by Gasteiger charge is 2.68. The van der Waals surface area contributed by atoms with Crippen LogP contribution in [-0.2, 0) is 4.74 Å². The molecule has 0 bridgehead atoms. The molecule has 18 heavy (non-hydrogen) atoms. The van der Waals surface area contributed by atoms with Gasteiger partial charge in [-0.3, -0.25) is 0 Å². The smallest absolute Gasteiger partial charge is 0.128 e. The first-order valence-electron chi connectivity index (χ1n) is 6.78. The number of epoxide rings is 1. The van der Waals surface area contributed by atoms with Gasteiger partial charge in [-0.15, -0.1) is 6.58 Å². The van der Waals surface area contributed by atoms with Crippen molar-refractivity contribution in [3.8, 4) is 0 Å². The van der Waals surface area contributed by atoms with Crippen molar-refractivity contribution >= 4 is 0 Å². The van der Waals surface area contributed by atoms with Crippen LogP contribution in [0.1, 0.15) is 43.8 Å². The fourth-order valence-corrected chi connectivity index (χ4v) is 3.45. The monoisotopic (exact) mass is 244 g/mol. The third kappa shape index (κ3) is 1.63. The lowest BCUT2D eigenvalue weighted by Gasteiger charge is -2.38. The van der Waals surface area contributed by atoms with Gasteiger partial charge in [-0.1, -0.05) is 49.2 Å². The second-order valence-corrected chi connectivity index (χ2v) is 5.53. The minimum Gasteiger partial charge on any atom is -0.386 e. The Bertz CT molecular complexity index is 442. The molecule has 96 valence electrons. The summed E-state index contributed by atoms with van der Waals surface area (Å²) in [4.78, 5) is 0. The molecule has 2 nitrogen and oxygen atoms in total. The van der Waals surface area contributed by atoms with Crippen molar-refractivity contribution < 1.29 is 9.84 Å². The second kappa shape index (κ2) is 4.22. The van der Waals surface area contributed by atoms with Crippen molar-refractivity contribution in [1.29, 1.82) is 0 Å². The average molecular weight is 244 g/mol. The van der Waals surface area contributed by atoms with Crippen molar-refractivity contribution in [1.82, 2.24) is 0 Å². The molecule has 0 amide bonds. The van der Waals surface area contributed by atoms with E-state index < -0.39 is 5.60 Å². The lowest BCUT2D eigenvalue weighted by atomic mass is 9.70. The van der Waals surface area contributed by atoms with E-state index in [4.69, 9.17) is 4.74 Å². The van der Waals surface area contributed by atoms with Crippen LogP contribution in [-0.4, -0.2) is 16.3 Å². The molecule has 0 radical (unpaired) electrons. The van der Waals surface area contributed by atoms with Crippen LogP contribution in [0.3, 0.4) is 0 Å². The Labute approximate surface area is 108 Å². The largest absolute Gasteiger partial charge is 0.386 e. The first-order chi connectivity index (χ1) is 8.72. The van der Waals surface area contributed by atoms with Gasteiger partial charge in [0.2, 0.25) is 0 Å². The molecule has 1 heterocycles. The van der Waals surface area contributed by atoms with E-state index in [0.717, 1.165) is 25.7 Å². The summed E-state index contributed by atoms with van der Waals surface area (Å²) in [6, 6.07) is 10.2. The molecule has 1 aromatic carbocycles. The standard InChI is InChI=1S/C16H20O2/c1-2-10-15(17)11-6-7-12-16(15)14(18-16)13-8-4-3-5-9-13/h2-5,8-9,14,17H,1,6-7,10-12H2/t14-,15+,16+/m1/s1. The molecule has 0 unspecified atom stereocenters. The quantitative estimate of drug-likeness (QED) is 0.653. The molecule has 1 N–H and O–H groups in total. The van der Waals surface area contributed by atoms with Crippen LogP contribution < -0.4 is 0 Å². The third-order valence-corrected chi connectivity index (χ3v) is 4.46. The topological polar surface area (TPSA) is 32.8 Å². The van der Waals surface area contributed by atoms with Crippen molar-refractivity contribution in [3.05, 3.63) is 48.6 Å². The summed E-state index contributed by atoms with van der Waals surface area (Å²) in [6.45, 7) is 3.78. The molecule has 1 aromatic rings. The fraction of sp³-hybridized carbons (Fsp3) is 0.500. The Morgan fingerprint density at radius 3 is 2.72 bits per heavy atom. The lowest BCUT2D eigenvalue weighted by Crippen LogP contribution is -2.48. The van der Waals surface area contributed by atoms with Crippen LogP contribution in [0.2, 0.25) is 0 Å². The van der Waals surface area contributed by atoms with Crippen molar-refractivity contribution in [3.63, 3.8) is 0 Å². The van der Waals surface area contributed by atoms with Crippen LogP contribution >= 0.6 is 0 Å². The van der Waals surface area contributed by atoms with Crippen LogP contribution in [0.5, 0.6) is 0 Å². The van der Waals surface area contributed by atoms with Crippen molar-refractivity contribution in [2.75, 3.05) is 0 Å². The summed E-state index contributed by atoms with van der Waals surface area (Å²) in [7, 11) is 0. The zero-order chi connectivity index (χ0) is 12.6. The summed E-state index contributed by atoms with van der Waals surface area (Å²) in [5, 5.41) is 10.9. The highest BCUT2D eigenvalue weighted by atomic mass is 16.6. The number of hydrogen-bond acceptors (Lipinski definition) is 2. The molecule has 3 atom stereocenters. The molecular formula is C16H20O2. The summed E-state index contributed by atoms with van der Waals surface area (Å²) in [5.74, 6) is 0. The number of benzene rings is 1. The van der Waals surface area contributed by atoms with Crippen LogP contribution in [0, 0.1) is 0 Å². The Hall–Kier alpha value is -1.12. The Kier molecular flexibility index (Phi) is 2.80. The SMILES string of the molecule is C=CC[C@]1(O)CCCC[C@@]12O[C@@H]2c1ccccc1. The van der Waals surface area contributed by atoms with Crippen molar-refractivity contribution in [2.24, 2.45) is 0 Å². The van der Waals surface area contributed by atoms with Gasteiger partial charge in [-0.2, -0.15) is 0 Å². The maximum Gasteiger partial charge on any atom is 0.128 e. The Balaban J connectivity index is 1.89. The predicted molar refractivity (Wildman–Crippen MR) is 71.2 cm³/mol. The number of aliphatic hydroxyl groups is 1. The molecule has 1 aliphatic heterocycles. The van der Waals surface area contributed by atoms with Gasteiger partial charge in [0.25, 0.3) is 0 Å². The molecule has 1 saturated heterocycles. The lowest BCUT2D eigenvalue weighted by molar-refractivity contribution is -0.0637. The summed E-state index contributed by atoms with van der Waals surface area (Å²) in [6.07, 6.45) is 6.50.